The molecule has 0 amide bonds. The molecule has 1 aliphatic heterocycles. The number of nitrogens with two attached hydrogens (primary N) is 1. The van der Waals surface area contributed by atoms with Crippen LogP contribution in [0.5, 0.6) is 0 Å². The van der Waals surface area contributed by atoms with E-state index in [1.165, 1.54) is 30.6 Å². The number of alkyl halides is 1. The van der Waals surface area contributed by atoms with Crippen LogP contribution < -0.4 is 5.73 Å². The van der Waals surface area contributed by atoms with Crippen LogP contribution in [0.3, 0.4) is 0 Å². The third kappa shape index (κ3) is 3.96. The highest BCUT2D eigenvalue weighted by atomic mass is 35.5. The lowest BCUT2D eigenvalue weighted by molar-refractivity contribution is -0.0730. The number of carbonyl (C=O) groups excluding carboxylic acids is 2. The summed E-state index contributed by atoms with van der Waals surface area (Å²) < 4.78 is 28.3. The number of hydrogen-bond acceptors (Lipinski definition) is 9. The maximum atomic E-state index is 16.1. The average Bonchev–Trinajstić information content (AvgIpc) is 3.42. The fourth-order valence-electron chi connectivity index (χ4n) is 4.11. The molecule has 0 spiro atoms. The van der Waals surface area contributed by atoms with Gasteiger partial charge in [-0.1, -0.05) is 48.5 Å². The molecule has 36 heavy (non-hydrogen) atoms. The van der Waals surface area contributed by atoms with Crippen molar-refractivity contribution < 1.29 is 28.6 Å². The number of benzene rings is 2. The van der Waals surface area contributed by atoms with Crippen molar-refractivity contribution in [2.24, 2.45) is 0 Å². The number of nitrogen functional groups attached to an aromatic ring is 1. The van der Waals surface area contributed by atoms with Gasteiger partial charge in [-0.3, -0.25) is 9.36 Å². The normalized spacial score (nSPS) is 23.6. The number of Topliss-reactive ketones (excluding diaryl/α,β-unsaturated/α-hetero) is 1. The largest absolute Gasteiger partial charge is 0.459 e. The summed E-state index contributed by atoms with van der Waals surface area (Å²) in [7, 11) is 0. The zero-order valence-corrected chi connectivity index (χ0v) is 19.2. The predicted octanol–water partition coefficient (Wildman–Crippen LogP) is 2.77. The van der Waals surface area contributed by atoms with Gasteiger partial charge in [0.2, 0.25) is 5.28 Å². The standard InChI is InChI=1S/C24H19ClFN5O5/c25-23-29-19(27)16-20(30-23)31(12-28-16)21-17(26)24(34,18(32)13-7-3-1-4-8-13)15(36-21)11-35-22(33)14-9-5-2-6-10-14/h1-10,12,15,17,21,34H,11H2,(H2,27,29,30)/t15-,17-,21+,24-/m1/s1. The predicted molar refractivity (Wildman–Crippen MR) is 126 cm³/mol. The second-order valence-electron chi connectivity index (χ2n) is 8.10. The van der Waals surface area contributed by atoms with E-state index in [0.717, 1.165) is 4.57 Å². The average molecular weight is 512 g/mol. The fourth-order valence-corrected chi connectivity index (χ4v) is 4.28. The summed E-state index contributed by atoms with van der Waals surface area (Å²) in [4.78, 5) is 37.8. The number of rotatable bonds is 6. The topological polar surface area (TPSA) is 142 Å². The van der Waals surface area contributed by atoms with Crippen molar-refractivity contribution in [1.29, 1.82) is 0 Å². The third-order valence-corrected chi connectivity index (χ3v) is 6.10. The maximum Gasteiger partial charge on any atom is 0.338 e. The van der Waals surface area contributed by atoms with Gasteiger partial charge in [-0.25, -0.2) is 14.2 Å². The molecule has 2 aromatic heterocycles. The van der Waals surface area contributed by atoms with Gasteiger partial charge in [-0.15, -0.1) is 0 Å². The number of fused-ring (bicyclic) bond motifs is 1. The van der Waals surface area contributed by atoms with E-state index in [-0.39, 0.29) is 33.4 Å². The van der Waals surface area contributed by atoms with Crippen LogP contribution in [0.4, 0.5) is 10.2 Å². The zero-order chi connectivity index (χ0) is 25.4. The van der Waals surface area contributed by atoms with E-state index >= 15 is 4.39 Å². The Morgan fingerprint density at radius 1 is 1.11 bits per heavy atom. The van der Waals surface area contributed by atoms with Gasteiger partial charge in [0.15, 0.2) is 35.2 Å². The number of nitrogens with zero attached hydrogens (tertiary/aromatic N) is 4. The van der Waals surface area contributed by atoms with Crippen LogP contribution >= 0.6 is 11.6 Å². The van der Waals surface area contributed by atoms with Crippen LogP contribution in [0.2, 0.25) is 5.28 Å². The fraction of sp³-hybridized carbons (Fsp3) is 0.208. The maximum absolute atomic E-state index is 16.1. The molecule has 3 heterocycles. The van der Waals surface area contributed by atoms with E-state index in [1.807, 2.05) is 0 Å². The minimum absolute atomic E-state index is 0.0385. The van der Waals surface area contributed by atoms with E-state index in [1.54, 1.807) is 36.4 Å². The van der Waals surface area contributed by atoms with Crippen molar-refractivity contribution in [3.63, 3.8) is 0 Å². The first kappa shape index (κ1) is 23.8. The highest BCUT2D eigenvalue weighted by Gasteiger charge is 2.62. The Hall–Kier alpha value is -3.93. The molecule has 1 saturated heterocycles. The molecule has 0 aliphatic carbocycles. The van der Waals surface area contributed by atoms with Crippen molar-refractivity contribution in [3.05, 3.63) is 83.4 Å². The molecule has 0 unspecified atom stereocenters. The molecule has 2 aromatic carbocycles. The molecule has 12 heteroatoms. The molecule has 4 aromatic rings. The first-order valence-electron chi connectivity index (χ1n) is 10.8. The SMILES string of the molecule is Nc1nc(Cl)nc2c1ncn2[C@H]1O[C@H](COC(=O)c2ccccc2)[C@](O)(C(=O)c2ccccc2)[C@@H]1F. The number of hydrogen-bond donors (Lipinski definition) is 2. The highest BCUT2D eigenvalue weighted by molar-refractivity contribution is 6.28. The molecule has 0 saturated carbocycles. The molecule has 5 rings (SSSR count). The quantitative estimate of drug-likeness (QED) is 0.227. The Morgan fingerprint density at radius 3 is 2.42 bits per heavy atom. The molecule has 3 N–H and O–H groups in total. The van der Waals surface area contributed by atoms with Crippen LogP contribution in [0.25, 0.3) is 11.2 Å². The first-order chi connectivity index (χ1) is 17.3. The number of ketones is 1. The Kier molecular flexibility index (Phi) is 6.12. The monoisotopic (exact) mass is 511 g/mol. The van der Waals surface area contributed by atoms with E-state index in [2.05, 4.69) is 15.0 Å². The van der Waals surface area contributed by atoms with Crippen molar-refractivity contribution in [1.82, 2.24) is 19.5 Å². The summed E-state index contributed by atoms with van der Waals surface area (Å²) in [6.45, 7) is -0.607. The first-order valence-corrected chi connectivity index (χ1v) is 11.2. The summed E-state index contributed by atoms with van der Waals surface area (Å²) in [6.07, 6.45) is -4.25. The van der Waals surface area contributed by atoms with E-state index < -0.39 is 42.5 Å². The minimum Gasteiger partial charge on any atom is -0.459 e. The molecule has 184 valence electrons. The number of ether oxygens (including phenoxy) is 2. The zero-order valence-electron chi connectivity index (χ0n) is 18.5. The lowest BCUT2D eigenvalue weighted by Gasteiger charge is -2.28. The van der Waals surface area contributed by atoms with Gasteiger partial charge in [0, 0.05) is 5.56 Å². The molecule has 0 radical (unpaired) electrons. The number of carbonyl (C=O) groups is 2. The molecule has 0 bridgehead atoms. The molecule has 1 aliphatic rings. The summed E-state index contributed by atoms with van der Waals surface area (Å²) in [5, 5.41) is 11.3. The van der Waals surface area contributed by atoms with E-state index in [4.69, 9.17) is 26.8 Å². The highest BCUT2D eigenvalue weighted by Crippen LogP contribution is 2.43. The van der Waals surface area contributed by atoms with Crippen LogP contribution in [0.15, 0.2) is 67.0 Å². The molecular formula is C24H19ClFN5O5. The van der Waals surface area contributed by atoms with Crippen molar-refractivity contribution in [3.8, 4) is 0 Å². The van der Waals surface area contributed by atoms with Crippen molar-refractivity contribution in [2.45, 2.75) is 24.1 Å². The lowest BCUT2D eigenvalue weighted by atomic mass is 9.85. The molecule has 4 atom stereocenters. The van der Waals surface area contributed by atoms with Gasteiger partial charge in [-0.05, 0) is 23.7 Å². The molecule has 1 fully saturated rings. The summed E-state index contributed by atoms with van der Waals surface area (Å²) in [6, 6.07) is 15.8. The van der Waals surface area contributed by atoms with Gasteiger partial charge in [0.1, 0.15) is 18.2 Å². The van der Waals surface area contributed by atoms with Crippen LogP contribution in [-0.2, 0) is 9.47 Å². The smallest absolute Gasteiger partial charge is 0.338 e. The second-order valence-corrected chi connectivity index (χ2v) is 8.44. The number of halogens is 2. The van der Waals surface area contributed by atoms with Gasteiger partial charge < -0.3 is 20.3 Å². The van der Waals surface area contributed by atoms with Crippen LogP contribution in [0.1, 0.15) is 26.9 Å². The number of esters is 1. The van der Waals surface area contributed by atoms with Gasteiger partial charge in [0.25, 0.3) is 0 Å². The van der Waals surface area contributed by atoms with E-state index in [0.29, 0.717) is 0 Å². The second kappa shape index (κ2) is 9.26. The third-order valence-electron chi connectivity index (χ3n) is 5.94. The Morgan fingerprint density at radius 2 is 1.75 bits per heavy atom. The van der Waals surface area contributed by atoms with Gasteiger partial charge in [0.05, 0.1) is 11.9 Å². The van der Waals surface area contributed by atoms with Crippen molar-refractivity contribution in [2.75, 3.05) is 12.3 Å². The van der Waals surface area contributed by atoms with Gasteiger partial charge >= 0.3 is 5.97 Å². The minimum atomic E-state index is -2.71. The Bertz CT molecular complexity index is 1440. The number of aromatic nitrogens is 4. The number of anilines is 1. The lowest BCUT2D eigenvalue weighted by Crippen LogP contribution is -2.54. The molecule has 10 nitrogen and oxygen atoms in total. The summed E-state index contributed by atoms with van der Waals surface area (Å²) in [5.74, 6) is -1.70. The summed E-state index contributed by atoms with van der Waals surface area (Å²) in [5.41, 5.74) is 3.59. The van der Waals surface area contributed by atoms with E-state index in [9.17, 15) is 14.7 Å². The Balaban J connectivity index is 1.52. The summed E-state index contributed by atoms with van der Waals surface area (Å²) >= 11 is 5.92. The molecular weight excluding hydrogens is 493 g/mol. The number of aliphatic hydroxyl groups is 1. The Labute approximate surface area is 208 Å². The van der Waals surface area contributed by atoms with Crippen LogP contribution in [0, 0.1) is 0 Å². The van der Waals surface area contributed by atoms with Gasteiger partial charge in [-0.2, -0.15) is 9.97 Å². The number of imidazole rings is 1. The van der Waals surface area contributed by atoms with Crippen LogP contribution in [-0.4, -0.2) is 60.9 Å². The van der Waals surface area contributed by atoms with Crippen molar-refractivity contribution >= 4 is 40.3 Å².